The number of rotatable bonds is 5. The van der Waals surface area contributed by atoms with Crippen molar-refractivity contribution in [3.63, 3.8) is 0 Å². The summed E-state index contributed by atoms with van der Waals surface area (Å²) in [7, 11) is 1.45. The molecule has 0 aliphatic rings. The molecule has 0 heterocycles. The van der Waals surface area contributed by atoms with Crippen molar-refractivity contribution in [1.29, 1.82) is 0 Å². The van der Waals surface area contributed by atoms with Gasteiger partial charge < -0.3 is 4.74 Å². The van der Waals surface area contributed by atoms with Crippen molar-refractivity contribution < 1.29 is 9.53 Å². The molecule has 0 N–H and O–H groups in total. The van der Waals surface area contributed by atoms with Crippen LogP contribution in [0, 0.1) is 5.92 Å². The Labute approximate surface area is 97.6 Å². The molecule has 0 bridgehead atoms. The highest BCUT2D eigenvalue weighted by Gasteiger charge is 2.19. The molecular formula is C14H20O2. The predicted molar refractivity (Wildman–Crippen MR) is 65.3 cm³/mol. The van der Waals surface area contributed by atoms with Crippen LogP contribution in [-0.2, 0) is 9.53 Å². The van der Waals surface area contributed by atoms with Gasteiger partial charge in [0.05, 0.1) is 13.0 Å². The van der Waals surface area contributed by atoms with Crippen molar-refractivity contribution in [2.24, 2.45) is 5.92 Å². The fraction of sp³-hybridized carbons (Fsp3) is 0.500. The number of carbonyl (C=O) groups excluding carboxylic acids is 1. The summed E-state index contributed by atoms with van der Waals surface area (Å²) in [4.78, 5) is 11.4. The monoisotopic (exact) mass is 220 g/mol. The Morgan fingerprint density at radius 2 is 1.94 bits per heavy atom. The quantitative estimate of drug-likeness (QED) is 0.711. The van der Waals surface area contributed by atoms with Crippen LogP contribution in [0.4, 0.5) is 0 Å². The van der Waals surface area contributed by atoms with Crippen molar-refractivity contribution in [3.8, 4) is 0 Å². The number of ether oxygens (including phenoxy) is 1. The summed E-state index contributed by atoms with van der Waals surface area (Å²) in [6, 6.07) is 10.3. The average molecular weight is 220 g/mol. The molecule has 0 aliphatic carbocycles. The Hall–Kier alpha value is -1.31. The number of hydrogen-bond acceptors (Lipinski definition) is 2. The molecule has 0 spiro atoms. The lowest BCUT2D eigenvalue weighted by atomic mass is 9.88. The van der Waals surface area contributed by atoms with Gasteiger partial charge in [-0.15, -0.1) is 0 Å². The Kier molecular flexibility index (Phi) is 5.03. The second-order valence-electron chi connectivity index (χ2n) is 4.18. The summed E-state index contributed by atoms with van der Waals surface area (Å²) >= 11 is 0. The Balaban J connectivity index is 2.66. The van der Waals surface area contributed by atoms with Crippen molar-refractivity contribution in [1.82, 2.24) is 0 Å². The summed E-state index contributed by atoms with van der Waals surface area (Å²) in [5.74, 6) is 0.292. The Morgan fingerprint density at radius 3 is 2.44 bits per heavy atom. The molecule has 0 aromatic heterocycles. The predicted octanol–water partition coefficient (Wildman–Crippen LogP) is 3.38. The molecule has 2 heteroatoms. The van der Waals surface area contributed by atoms with Crippen LogP contribution >= 0.6 is 0 Å². The number of hydrogen-bond donors (Lipinski definition) is 0. The van der Waals surface area contributed by atoms with Crippen LogP contribution in [0.5, 0.6) is 0 Å². The smallest absolute Gasteiger partial charge is 0.308 e. The maximum atomic E-state index is 11.4. The van der Waals surface area contributed by atoms with Gasteiger partial charge in [-0.05, 0) is 24.3 Å². The van der Waals surface area contributed by atoms with Crippen LogP contribution in [-0.4, -0.2) is 13.1 Å². The number of carbonyl (C=O) groups is 1. The zero-order valence-corrected chi connectivity index (χ0v) is 10.3. The normalized spacial score (nSPS) is 14.2. The maximum Gasteiger partial charge on any atom is 0.308 e. The molecule has 16 heavy (non-hydrogen) atoms. The number of methoxy groups -OCH3 is 1. The second-order valence-corrected chi connectivity index (χ2v) is 4.18. The summed E-state index contributed by atoms with van der Waals surface area (Å²) in [6.07, 6.45) is 1.90. The third kappa shape index (κ3) is 3.37. The lowest BCUT2D eigenvalue weighted by Gasteiger charge is -2.18. The van der Waals surface area contributed by atoms with Crippen LogP contribution < -0.4 is 0 Å². The Morgan fingerprint density at radius 1 is 1.31 bits per heavy atom. The van der Waals surface area contributed by atoms with Gasteiger partial charge in [0.1, 0.15) is 0 Å². The summed E-state index contributed by atoms with van der Waals surface area (Å²) < 4.78 is 4.75. The molecule has 0 amide bonds. The molecule has 2 atom stereocenters. The van der Waals surface area contributed by atoms with Gasteiger partial charge in [-0.1, -0.05) is 44.2 Å². The first kappa shape index (κ1) is 12.8. The van der Waals surface area contributed by atoms with Gasteiger partial charge in [0, 0.05) is 0 Å². The minimum Gasteiger partial charge on any atom is -0.469 e. The van der Waals surface area contributed by atoms with E-state index in [2.05, 4.69) is 19.1 Å². The molecule has 0 saturated heterocycles. The van der Waals surface area contributed by atoms with Gasteiger partial charge in [0.2, 0.25) is 0 Å². The highest BCUT2D eigenvalue weighted by molar-refractivity contribution is 5.71. The summed E-state index contributed by atoms with van der Waals surface area (Å²) in [6.45, 7) is 4.08. The van der Waals surface area contributed by atoms with E-state index in [0.29, 0.717) is 5.92 Å². The van der Waals surface area contributed by atoms with Crippen LogP contribution in [0.15, 0.2) is 30.3 Å². The molecule has 1 unspecified atom stereocenters. The first-order valence-corrected chi connectivity index (χ1v) is 5.81. The van der Waals surface area contributed by atoms with E-state index < -0.39 is 0 Å². The fourth-order valence-corrected chi connectivity index (χ4v) is 1.99. The molecular weight excluding hydrogens is 200 g/mol. The topological polar surface area (TPSA) is 26.3 Å². The second kappa shape index (κ2) is 6.31. The Bertz CT molecular complexity index is 319. The lowest BCUT2D eigenvalue weighted by molar-refractivity contribution is -0.145. The highest BCUT2D eigenvalue weighted by Crippen LogP contribution is 2.27. The molecule has 0 fully saturated rings. The molecule has 0 radical (unpaired) electrons. The van der Waals surface area contributed by atoms with Crippen molar-refractivity contribution >= 4 is 5.97 Å². The van der Waals surface area contributed by atoms with Crippen molar-refractivity contribution in [2.75, 3.05) is 7.11 Å². The minimum atomic E-state index is -0.116. The van der Waals surface area contributed by atoms with Gasteiger partial charge in [-0.3, -0.25) is 4.79 Å². The van der Waals surface area contributed by atoms with E-state index in [1.165, 1.54) is 12.7 Å². The van der Waals surface area contributed by atoms with E-state index in [1.807, 2.05) is 25.1 Å². The zero-order chi connectivity index (χ0) is 12.0. The maximum absolute atomic E-state index is 11.4. The van der Waals surface area contributed by atoms with E-state index in [0.717, 1.165) is 12.8 Å². The molecule has 2 nitrogen and oxygen atoms in total. The van der Waals surface area contributed by atoms with E-state index in [1.54, 1.807) is 0 Å². The van der Waals surface area contributed by atoms with Crippen LogP contribution in [0.2, 0.25) is 0 Å². The summed E-state index contributed by atoms with van der Waals surface area (Å²) in [5, 5.41) is 0. The van der Waals surface area contributed by atoms with E-state index in [-0.39, 0.29) is 11.9 Å². The van der Waals surface area contributed by atoms with E-state index in [4.69, 9.17) is 4.74 Å². The largest absolute Gasteiger partial charge is 0.469 e. The van der Waals surface area contributed by atoms with Gasteiger partial charge in [0.15, 0.2) is 0 Å². The van der Waals surface area contributed by atoms with Crippen molar-refractivity contribution in [3.05, 3.63) is 35.9 Å². The molecule has 1 aromatic rings. The number of benzene rings is 1. The highest BCUT2D eigenvalue weighted by atomic mass is 16.5. The lowest BCUT2D eigenvalue weighted by Crippen LogP contribution is -2.15. The molecule has 88 valence electrons. The summed E-state index contributed by atoms with van der Waals surface area (Å²) in [5.41, 5.74) is 1.31. The average Bonchev–Trinajstić information content (AvgIpc) is 2.35. The minimum absolute atomic E-state index is 0.0323. The van der Waals surface area contributed by atoms with E-state index in [9.17, 15) is 4.79 Å². The van der Waals surface area contributed by atoms with Gasteiger partial charge in [0.25, 0.3) is 0 Å². The third-order valence-corrected chi connectivity index (χ3v) is 3.01. The van der Waals surface area contributed by atoms with Gasteiger partial charge >= 0.3 is 5.97 Å². The third-order valence-electron chi connectivity index (χ3n) is 3.01. The first-order valence-electron chi connectivity index (χ1n) is 5.81. The molecule has 0 aliphatic heterocycles. The van der Waals surface area contributed by atoms with Crippen LogP contribution in [0.1, 0.15) is 38.2 Å². The molecule has 0 saturated carbocycles. The van der Waals surface area contributed by atoms with Gasteiger partial charge in [-0.2, -0.15) is 0 Å². The molecule has 1 aromatic carbocycles. The van der Waals surface area contributed by atoms with Gasteiger partial charge in [-0.25, -0.2) is 0 Å². The van der Waals surface area contributed by atoms with E-state index >= 15 is 0 Å². The molecule has 1 rings (SSSR count). The van der Waals surface area contributed by atoms with Crippen LogP contribution in [0.3, 0.4) is 0 Å². The zero-order valence-electron chi connectivity index (χ0n) is 10.3. The number of esters is 1. The first-order chi connectivity index (χ1) is 7.69. The SMILES string of the molecule is CCC(C[C@@H](C)C(=O)OC)c1ccccc1. The van der Waals surface area contributed by atoms with Crippen LogP contribution in [0.25, 0.3) is 0 Å². The van der Waals surface area contributed by atoms with Crippen molar-refractivity contribution in [2.45, 2.75) is 32.6 Å². The fourth-order valence-electron chi connectivity index (χ4n) is 1.99. The standard InChI is InChI=1S/C14H20O2/c1-4-12(10-11(2)14(15)16-3)13-8-6-5-7-9-13/h5-9,11-12H,4,10H2,1-3H3/t11-,12?/m1/s1.